The summed E-state index contributed by atoms with van der Waals surface area (Å²) in [5.41, 5.74) is -0.535. The molecule has 49 heavy (non-hydrogen) atoms. The zero-order valence-electron chi connectivity index (χ0n) is 30.3. The van der Waals surface area contributed by atoms with Crippen molar-refractivity contribution in [2.24, 2.45) is 11.3 Å². The molecule has 4 amide bonds. The highest BCUT2D eigenvalue weighted by Crippen LogP contribution is 2.48. The number of nitrogens with one attached hydrogen (secondary N) is 1. The number of hydrogen-bond acceptors (Lipinski definition) is 7. The number of hydrogen-bond donors (Lipinski definition) is 1. The zero-order chi connectivity index (χ0) is 35.6. The molecule has 1 aliphatic carbocycles. The fraction of sp³-hybridized carbons (Fsp3) is 0.730. The van der Waals surface area contributed by atoms with Crippen molar-refractivity contribution < 1.29 is 33.0 Å². The maximum absolute atomic E-state index is 14.4. The molecule has 3 aliphatic heterocycles. The number of halogens is 1. The molecular formula is C37H56FN5O6. The SMILES string of the molecule is CN1CCN(C(=O)OC(C)(C)C)[C@@H](C(=O)N[C@H](Cc2ccc(F)cc2)C(=O)N2CCC(CN3C(=O)OCC3(C)C)(C3CCCCC3)CC2)C1. The second-order valence-corrected chi connectivity index (χ2v) is 16.3. The molecule has 1 aromatic rings. The molecule has 3 heterocycles. The third-order valence-corrected chi connectivity index (χ3v) is 11.0. The topological polar surface area (TPSA) is 112 Å². The summed E-state index contributed by atoms with van der Waals surface area (Å²) in [5, 5.41) is 3.01. The monoisotopic (exact) mass is 685 g/mol. The highest BCUT2D eigenvalue weighted by atomic mass is 19.1. The average Bonchev–Trinajstić information content (AvgIpc) is 3.31. The average molecular weight is 686 g/mol. The standard InChI is InChI=1S/C37H56FN5O6/c1-35(2,3)49-33(46)42-21-20-40(6)23-30(42)31(44)39-29(22-26-12-14-28(38)15-13-26)32(45)41-18-16-37(17-19-41,27-10-8-7-9-11-27)24-43-34(47)48-25-36(43,4)5/h12-15,27,29-30H,7-11,16-25H2,1-6H3,(H,39,44)/t29-,30-/m1/s1. The van der Waals surface area contributed by atoms with E-state index >= 15 is 0 Å². The van der Waals surface area contributed by atoms with E-state index in [1.807, 2.05) is 35.6 Å². The fourth-order valence-corrected chi connectivity index (χ4v) is 8.05. The maximum atomic E-state index is 14.4. The molecule has 272 valence electrons. The first-order valence-electron chi connectivity index (χ1n) is 18.0. The van der Waals surface area contributed by atoms with Crippen molar-refractivity contribution >= 4 is 24.0 Å². The molecule has 0 radical (unpaired) electrons. The van der Waals surface area contributed by atoms with Gasteiger partial charge in [-0.3, -0.25) is 19.4 Å². The second-order valence-electron chi connectivity index (χ2n) is 16.3. The Labute approximate surface area is 290 Å². The van der Waals surface area contributed by atoms with Gasteiger partial charge in [-0.1, -0.05) is 31.4 Å². The third-order valence-electron chi connectivity index (χ3n) is 11.0. The Bertz CT molecular complexity index is 1350. The number of cyclic esters (lactones) is 1. The summed E-state index contributed by atoms with van der Waals surface area (Å²) in [6.45, 7) is 12.6. The molecule has 5 rings (SSSR count). The van der Waals surface area contributed by atoms with Crippen molar-refractivity contribution in [1.82, 2.24) is 24.9 Å². The van der Waals surface area contributed by atoms with E-state index in [0.29, 0.717) is 57.4 Å². The van der Waals surface area contributed by atoms with E-state index in [4.69, 9.17) is 9.47 Å². The molecule has 2 atom stereocenters. The first-order valence-corrected chi connectivity index (χ1v) is 18.0. The lowest BCUT2D eigenvalue weighted by molar-refractivity contribution is -0.141. The third kappa shape index (κ3) is 8.85. The number of likely N-dealkylation sites (N-methyl/N-ethyl adjacent to an activating group) is 1. The van der Waals surface area contributed by atoms with Crippen LogP contribution in [0.5, 0.6) is 0 Å². The van der Waals surface area contributed by atoms with E-state index in [1.165, 1.54) is 36.3 Å². The van der Waals surface area contributed by atoms with Crippen LogP contribution in [0.2, 0.25) is 0 Å². The maximum Gasteiger partial charge on any atom is 0.411 e. The summed E-state index contributed by atoms with van der Waals surface area (Å²) in [4.78, 5) is 61.6. The van der Waals surface area contributed by atoms with Crippen molar-refractivity contribution in [2.45, 2.75) is 109 Å². The molecule has 3 saturated heterocycles. The van der Waals surface area contributed by atoms with Crippen LogP contribution in [0.15, 0.2) is 24.3 Å². The Morgan fingerprint density at radius 2 is 1.67 bits per heavy atom. The van der Waals surface area contributed by atoms with Crippen LogP contribution in [-0.2, 0) is 25.5 Å². The number of rotatable bonds is 8. The van der Waals surface area contributed by atoms with E-state index in [1.54, 1.807) is 32.9 Å². The van der Waals surface area contributed by atoms with E-state index in [-0.39, 0.29) is 29.7 Å². The van der Waals surface area contributed by atoms with Crippen LogP contribution in [0, 0.1) is 17.2 Å². The molecule has 12 heteroatoms. The Morgan fingerprint density at radius 1 is 1.02 bits per heavy atom. The Kier molecular flexibility index (Phi) is 11.2. The second kappa shape index (κ2) is 14.8. The number of likely N-dealkylation sites (tertiary alicyclic amines) is 1. The number of carbonyl (C=O) groups excluding carboxylic acids is 4. The number of amides is 4. The van der Waals surface area contributed by atoms with Crippen molar-refractivity contribution in [3.63, 3.8) is 0 Å². The van der Waals surface area contributed by atoms with Crippen LogP contribution in [-0.4, -0.2) is 120 Å². The molecule has 4 aliphatic rings. The molecule has 1 aromatic carbocycles. The molecule has 1 N–H and O–H groups in total. The van der Waals surface area contributed by atoms with Crippen molar-refractivity contribution in [3.8, 4) is 0 Å². The van der Waals surface area contributed by atoms with Crippen molar-refractivity contribution in [1.29, 1.82) is 0 Å². The van der Waals surface area contributed by atoms with Crippen molar-refractivity contribution in [2.75, 3.05) is 52.9 Å². The lowest BCUT2D eigenvalue weighted by Crippen LogP contribution is -2.63. The van der Waals surface area contributed by atoms with Crippen LogP contribution in [0.1, 0.15) is 85.1 Å². The highest BCUT2D eigenvalue weighted by Gasteiger charge is 2.50. The molecule has 0 aromatic heterocycles. The number of benzene rings is 1. The van der Waals surface area contributed by atoms with Gasteiger partial charge in [0.05, 0.1) is 5.54 Å². The van der Waals surface area contributed by atoms with E-state index in [0.717, 1.165) is 25.7 Å². The Morgan fingerprint density at radius 3 is 2.27 bits per heavy atom. The smallest absolute Gasteiger partial charge is 0.411 e. The number of piperidine rings is 1. The van der Waals surface area contributed by atoms with Gasteiger partial charge >= 0.3 is 12.2 Å². The molecular weight excluding hydrogens is 629 g/mol. The van der Waals surface area contributed by atoms with Gasteiger partial charge in [0.2, 0.25) is 11.8 Å². The summed E-state index contributed by atoms with van der Waals surface area (Å²) in [6, 6.07) is 4.20. The Hall–Kier alpha value is -3.41. The number of ether oxygens (including phenoxy) is 2. The van der Waals surface area contributed by atoms with Gasteiger partial charge in [-0.05, 0) is 96.4 Å². The largest absolute Gasteiger partial charge is 0.447 e. The van der Waals surface area contributed by atoms with Crippen LogP contribution >= 0.6 is 0 Å². The molecule has 4 fully saturated rings. The quantitative estimate of drug-likeness (QED) is 0.418. The van der Waals surface area contributed by atoms with E-state index < -0.39 is 35.2 Å². The van der Waals surface area contributed by atoms with Crippen LogP contribution < -0.4 is 5.32 Å². The van der Waals surface area contributed by atoms with E-state index in [2.05, 4.69) is 5.32 Å². The van der Waals surface area contributed by atoms with Gasteiger partial charge in [-0.2, -0.15) is 0 Å². The minimum Gasteiger partial charge on any atom is -0.447 e. The molecule has 0 unspecified atom stereocenters. The summed E-state index contributed by atoms with van der Waals surface area (Å²) in [6.07, 6.45) is 6.64. The van der Waals surface area contributed by atoms with Gasteiger partial charge in [0.15, 0.2) is 0 Å². The van der Waals surface area contributed by atoms with Crippen LogP contribution in [0.4, 0.5) is 14.0 Å². The predicted molar refractivity (Wildman–Crippen MR) is 183 cm³/mol. The first kappa shape index (κ1) is 36.9. The predicted octanol–water partition coefficient (Wildman–Crippen LogP) is 4.82. The number of nitrogens with zero attached hydrogens (tertiary/aromatic N) is 4. The van der Waals surface area contributed by atoms with Gasteiger partial charge < -0.3 is 24.6 Å². The number of carbonyl (C=O) groups is 4. The summed E-state index contributed by atoms with van der Waals surface area (Å²) in [7, 11) is 1.89. The minimum absolute atomic E-state index is 0.131. The molecule has 11 nitrogen and oxygen atoms in total. The van der Waals surface area contributed by atoms with E-state index in [9.17, 15) is 23.6 Å². The zero-order valence-corrected chi connectivity index (χ0v) is 30.3. The van der Waals surface area contributed by atoms with Gasteiger partial charge in [0.25, 0.3) is 0 Å². The summed E-state index contributed by atoms with van der Waals surface area (Å²) in [5.74, 6) is -0.557. The van der Waals surface area contributed by atoms with Crippen LogP contribution in [0.3, 0.4) is 0 Å². The summed E-state index contributed by atoms with van der Waals surface area (Å²) >= 11 is 0. The van der Waals surface area contributed by atoms with Gasteiger partial charge in [-0.25, -0.2) is 14.0 Å². The van der Waals surface area contributed by atoms with Gasteiger partial charge in [-0.15, -0.1) is 0 Å². The molecule has 1 saturated carbocycles. The molecule has 0 spiro atoms. The van der Waals surface area contributed by atoms with Crippen LogP contribution in [0.25, 0.3) is 0 Å². The normalized spacial score (nSPS) is 23.9. The summed E-state index contributed by atoms with van der Waals surface area (Å²) < 4.78 is 24.9. The van der Waals surface area contributed by atoms with Gasteiger partial charge in [0, 0.05) is 45.7 Å². The number of piperazine rings is 1. The molecule has 0 bridgehead atoms. The lowest BCUT2D eigenvalue weighted by Gasteiger charge is -2.51. The minimum atomic E-state index is -0.916. The lowest BCUT2D eigenvalue weighted by atomic mass is 9.63. The first-order chi connectivity index (χ1) is 23.1. The van der Waals surface area contributed by atoms with Crippen molar-refractivity contribution in [3.05, 3.63) is 35.6 Å². The fourth-order valence-electron chi connectivity index (χ4n) is 8.05. The highest BCUT2D eigenvalue weighted by molar-refractivity contribution is 5.92. The van der Waals surface area contributed by atoms with Gasteiger partial charge in [0.1, 0.15) is 30.1 Å². The Balaban J connectivity index is 1.35.